The van der Waals surface area contributed by atoms with Crippen LogP contribution in [0.5, 0.6) is 0 Å². The van der Waals surface area contributed by atoms with Crippen LogP contribution in [0.2, 0.25) is 10.0 Å². The average molecular weight is 407 g/mol. The third-order valence-corrected chi connectivity index (χ3v) is 4.98. The second-order valence-electron chi connectivity index (χ2n) is 5.92. The van der Waals surface area contributed by atoms with Crippen molar-refractivity contribution in [3.05, 3.63) is 63.1 Å². The van der Waals surface area contributed by atoms with Crippen molar-refractivity contribution in [3.63, 3.8) is 0 Å². The number of rotatable bonds is 6. The van der Waals surface area contributed by atoms with Crippen molar-refractivity contribution < 1.29 is 19.1 Å². The second-order valence-corrected chi connectivity index (χ2v) is 6.71. The van der Waals surface area contributed by atoms with Crippen molar-refractivity contribution in [3.8, 4) is 0 Å². The molecule has 2 aromatic carbocycles. The molecule has 2 aromatic rings. The number of nitrogens with one attached hydrogen (secondary N) is 1. The van der Waals surface area contributed by atoms with E-state index < -0.39 is 11.8 Å². The minimum absolute atomic E-state index is 0.210. The first-order valence-electron chi connectivity index (χ1n) is 8.18. The van der Waals surface area contributed by atoms with Crippen LogP contribution in [-0.4, -0.2) is 42.9 Å². The summed E-state index contributed by atoms with van der Waals surface area (Å²) in [6.45, 7) is 0.710. The van der Waals surface area contributed by atoms with Gasteiger partial charge in [0.2, 0.25) is 0 Å². The van der Waals surface area contributed by atoms with Gasteiger partial charge in [0.1, 0.15) is 0 Å². The van der Waals surface area contributed by atoms with Gasteiger partial charge in [-0.05, 0) is 36.8 Å². The van der Waals surface area contributed by atoms with E-state index in [4.69, 9.17) is 27.9 Å². The van der Waals surface area contributed by atoms with Gasteiger partial charge in [-0.1, -0.05) is 29.3 Å². The number of fused-ring (bicyclic) bond motifs is 1. The molecule has 27 heavy (non-hydrogen) atoms. The number of hydrogen-bond acceptors (Lipinski definition) is 4. The van der Waals surface area contributed by atoms with E-state index in [9.17, 15) is 14.4 Å². The molecule has 3 amide bonds. The SMILES string of the molecule is COCCCN1C(=O)c2ccc(C(=O)Nc3cccc(Cl)c3Cl)cc2C1=O. The molecule has 0 saturated heterocycles. The Bertz CT molecular complexity index is 930. The number of halogens is 2. The van der Waals surface area contributed by atoms with Crippen LogP contribution in [0, 0.1) is 0 Å². The van der Waals surface area contributed by atoms with Crippen LogP contribution in [0.15, 0.2) is 36.4 Å². The molecule has 1 aliphatic rings. The normalized spacial score (nSPS) is 13.1. The smallest absolute Gasteiger partial charge is 0.261 e. The van der Waals surface area contributed by atoms with Gasteiger partial charge in [-0.15, -0.1) is 0 Å². The van der Waals surface area contributed by atoms with E-state index in [1.54, 1.807) is 25.3 Å². The van der Waals surface area contributed by atoms with Crippen LogP contribution in [0.1, 0.15) is 37.5 Å². The van der Waals surface area contributed by atoms with Crippen molar-refractivity contribution in [2.75, 3.05) is 25.6 Å². The summed E-state index contributed by atoms with van der Waals surface area (Å²) in [6, 6.07) is 9.28. The van der Waals surface area contributed by atoms with Crippen molar-refractivity contribution in [2.24, 2.45) is 0 Å². The number of carbonyl (C=O) groups excluding carboxylic acids is 3. The van der Waals surface area contributed by atoms with Gasteiger partial charge >= 0.3 is 0 Å². The first kappa shape index (κ1) is 19.4. The fraction of sp³-hybridized carbons (Fsp3) is 0.211. The minimum Gasteiger partial charge on any atom is -0.385 e. The van der Waals surface area contributed by atoms with E-state index in [2.05, 4.69) is 5.32 Å². The zero-order chi connectivity index (χ0) is 19.6. The van der Waals surface area contributed by atoms with Crippen LogP contribution in [-0.2, 0) is 4.74 Å². The lowest BCUT2D eigenvalue weighted by molar-refractivity contribution is 0.0638. The van der Waals surface area contributed by atoms with Gasteiger partial charge in [0, 0.05) is 25.8 Å². The summed E-state index contributed by atoms with van der Waals surface area (Å²) < 4.78 is 4.95. The Morgan fingerprint density at radius 1 is 1.11 bits per heavy atom. The number of methoxy groups -OCH3 is 1. The predicted octanol–water partition coefficient (Wildman–Crippen LogP) is 3.88. The first-order chi connectivity index (χ1) is 12.9. The number of nitrogens with zero attached hydrogens (tertiary/aromatic N) is 1. The van der Waals surface area contributed by atoms with Crippen molar-refractivity contribution in [2.45, 2.75) is 6.42 Å². The quantitative estimate of drug-likeness (QED) is 0.583. The van der Waals surface area contributed by atoms with Gasteiger partial charge in [0.25, 0.3) is 17.7 Å². The Balaban J connectivity index is 1.81. The maximum atomic E-state index is 12.5. The third-order valence-electron chi connectivity index (χ3n) is 4.16. The molecular weight excluding hydrogens is 391 g/mol. The van der Waals surface area contributed by atoms with Gasteiger partial charge in [-0.3, -0.25) is 19.3 Å². The lowest BCUT2D eigenvalue weighted by atomic mass is 10.1. The Morgan fingerprint density at radius 2 is 1.85 bits per heavy atom. The third kappa shape index (κ3) is 3.83. The van der Waals surface area contributed by atoms with Crippen LogP contribution >= 0.6 is 23.2 Å². The van der Waals surface area contributed by atoms with E-state index in [1.165, 1.54) is 23.1 Å². The topological polar surface area (TPSA) is 75.7 Å². The average Bonchev–Trinajstić information content (AvgIpc) is 2.90. The highest BCUT2D eigenvalue weighted by Gasteiger charge is 2.35. The van der Waals surface area contributed by atoms with E-state index in [0.717, 1.165) is 0 Å². The lowest BCUT2D eigenvalue weighted by Gasteiger charge is -2.12. The van der Waals surface area contributed by atoms with E-state index in [0.29, 0.717) is 23.7 Å². The maximum absolute atomic E-state index is 12.5. The van der Waals surface area contributed by atoms with Crippen LogP contribution in [0.4, 0.5) is 5.69 Å². The van der Waals surface area contributed by atoms with Crippen LogP contribution < -0.4 is 5.32 Å². The van der Waals surface area contributed by atoms with Gasteiger partial charge in [0.05, 0.1) is 26.9 Å². The molecule has 1 aliphatic heterocycles. The number of benzene rings is 2. The monoisotopic (exact) mass is 406 g/mol. The Morgan fingerprint density at radius 3 is 2.59 bits per heavy atom. The van der Waals surface area contributed by atoms with E-state index in [1.807, 2.05) is 0 Å². The lowest BCUT2D eigenvalue weighted by Crippen LogP contribution is -2.31. The molecule has 1 heterocycles. The molecule has 0 saturated carbocycles. The van der Waals surface area contributed by atoms with Crippen LogP contribution in [0.25, 0.3) is 0 Å². The van der Waals surface area contributed by atoms with Gasteiger partial charge in [-0.2, -0.15) is 0 Å². The Hall–Kier alpha value is -2.41. The fourth-order valence-corrected chi connectivity index (χ4v) is 3.14. The number of imide groups is 1. The highest BCUT2D eigenvalue weighted by molar-refractivity contribution is 6.44. The Labute approximate surface area is 166 Å². The molecular formula is C19H16Cl2N2O4. The van der Waals surface area contributed by atoms with Gasteiger partial charge in [0.15, 0.2) is 0 Å². The number of anilines is 1. The molecule has 0 radical (unpaired) electrons. The summed E-state index contributed by atoms with van der Waals surface area (Å²) >= 11 is 12.0. The molecule has 0 aromatic heterocycles. The van der Waals surface area contributed by atoms with E-state index in [-0.39, 0.29) is 34.2 Å². The number of ether oxygens (including phenoxy) is 1. The summed E-state index contributed by atoms with van der Waals surface area (Å²) in [6.07, 6.45) is 0.544. The second kappa shape index (κ2) is 8.08. The summed E-state index contributed by atoms with van der Waals surface area (Å²) in [5.41, 5.74) is 1.10. The van der Waals surface area contributed by atoms with Gasteiger partial charge < -0.3 is 10.1 Å². The summed E-state index contributed by atoms with van der Waals surface area (Å²) in [5, 5.41) is 3.20. The molecule has 0 unspecified atom stereocenters. The standard InChI is InChI=1S/C19H16Cl2N2O4/c1-27-9-3-8-23-18(25)12-7-6-11(10-13(12)19(23)26)17(24)22-15-5-2-4-14(20)16(15)21/h2,4-7,10H,3,8-9H2,1H3,(H,22,24). The zero-order valence-corrected chi connectivity index (χ0v) is 15.9. The predicted molar refractivity (Wildman–Crippen MR) is 103 cm³/mol. The molecule has 6 nitrogen and oxygen atoms in total. The zero-order valence-electron chi connectivity index (χ0n) is 14.4. The molecule has 0 spiro atoms. The number of amides is 3. The first-order valence-corrected chi connectivity index (χ1v) is 8.94. The summed E-state index contributed by atoms with van der Waals surface area (Å²) in [5.74, 6) is -1.24. The van der Waals surface area contributed by atoms with Gasteiger partial charge in [-0.25, -0.2) is 0 Å². The van der Waals surface area contributed by atoms with Crippen LogP contribution in [0.3, 0.4) is 0 Å². The molecule has 8 heteroatoms. The fourth-order valence-electron chi connectivity index (χ4n) is 2.80. The number of hydrogen-bond donors (Lipinski definition) is 1. The molecule has 0 aliphatic carbocycles. The molecule has 3 rings (SSSR count). The summed E-state index contributed by atoms with van der Waals surface area (Å²) in [4.78, 5) is 38.6. The molecule has 0 fully saturated rings. The minimum atomic E-state index is -0.458. The van der Waals surface area contributed by atoms with Crippen molar-refractivity contribution in [1.29, 1.82) is 0 Å². The molecule has 0 bridgehead atoms. The highest BCUT2D eigenvalue weighted by Crippen LogP contribution is 2.30. The summed E-state index contributed by atoms with van der Waals surface area (Å²) in [7, 11) is 1.55. The molecule has 0 atom stereocenters. The maximum Gasteiger partial charge on any atom is 0.261 e. The van der Waals surface area contributed by atoms with Crippen molar-refractivity contribution >= 4 is 46.6 Å². The highest BCUT2D eigenvalue weighted by atomic mass is 35.5. The molecule has 140 valence electrons. The van der Waals surface area contributed by atoms with Crippen molar-refractivity contribution in [1.82, 2.24) is 4.90 Å². The number of carbonyl (C=O) groups is 3. The van der Waals surface area contributed by atoms with E-state index >= 15 is 0 Å². The Kier molecular flexibility index (Phi) is 5.79. The largest absolute Gasteiger partial charge is 0.385 e. The molecule has 1 N–H and O–H groups in total.